The van der Waals surface area contributed by atoms with Gasteiger partial charge in [0.1, 0.15) is 31.0 Å². The number of unbranched alkanes of at least 4 members (excludes halogenated alkanes) is 1. The number of carboxylic acid groups (broad SMARTS) is 1. The van der Waals surface area contributed by atoms with Gasteiger partial charge in [-0.3, -0.25) is 24.6 Å². The van der Waals surface area contributed by atoms with Crippen molar-refractivity contribution in [2.24, 2.45) is 5.73 Å². The van der Waals surface area contributed by atoms with Crippen LogP contribution in [0.25, 0.3) is 0 Å². The van der Waals surface area contributed by atoms with Crippen molar-refractivity contribution in [3.05, 3.63) is 24.3 Å². The topological polar surface area (TPSA) is 131 Å². The number of amides is 1. The molecule has 0 aromatic heterocycles. The number of hydrogen-bond donors (Lipinski definition) is 3. The molecule has 1 aromatic rings. The third-order valence-corrected chi connectivity index (χ3v) is 4.34. The van der Waals surface area contributed by atoms with E-state index in [0.717, 1.165) is 11.3 Å². The summed E-state index contributed by atoms with van der Waals surface area (Å²) in [5.41, 5.74) is 5.90. The zero-order chi connectivity index (χ0) is 20.5. The van der Waals surface area contributed by atoms with Gasteiger partial charge in [-0.2, -0.15) is 0 Å². The minimum atomic E-state index is -1.14. The maximum atomic E-state index is 13.0. The molecule has 0 bridgehead atoms. The number of nitrogens with two attached hydrogens (primary N) is 1. The predicted octanol–water partition coefficient (Wildman–Crippen LogP) is 0.516. The highest BCUT2D eigenvalue weighted by Crippen LogP contribution is 2.31. The van der Waals surface area contributed by atoms with Gasteiger partial charge in [-0.15, -0.1) is 0 Å². The number of nitrogens with zero attached hydrogens (tertiary/aromatic N) is 1. The minimum Gasteiger partial charge on any atom is -0.489 e. The van der Waals surface area contributed by atoms with Crippen molar-refractivity contribution in [2.75, 3.05) is 31.2 Å². The van der Waals surface area contributed by atoms with E-state index in [1.165, 1.54) is 0 Å². The Morgan fingerprint density at radius 2 is 2.14 bits per heavy atom. The summed E-state index contributed by atoms with van der Waals surface area (Å²) in [5, 5.41) is 12.2. The third-order valence-electron chi connectivity index (χ3n) is 4.34. The number of carbonyl (C=O) groups excluding carboxylic acids is 2. The maximum Gasteiger partial charge on any atom is 0.323 e. The molecule has 0 saturated carbocycles. The summed E-state index contributed by atoms with van der Waals surface area (Å²) in [6, 6.07) is 5.14. The number of carboxylic acids is 1. The lowest BCUT2D eigenvalue weighted by molar-refractivity contribution is -0.146. The molecular weight excluding hydrogens is 366 g/mol. The Labute approximate surface area is 163 Å². The van der Waals surface area contributed by atoms with Crippen LogP contribution in [0.5, 0.6) is 5.75 Å². The van der Waals surface area contributed by atoms with Crippen molar-refractivity contribution in [1.29, 1.82) is 0 Å². The average Bonchev–Trinajstić information content (AvgIpc) is 2.79. The first-order valence-electron chi connectivity index (χ1n) is 9.35. The number of aliphatic carboxylic acids is 1. The normalized spacial score (nSPS) is 17.3. The van der Waals surface area contributed by atoms with Gasteiger partial charge in [0, 0.05) is 0 Å². The van der Waals surface area contributed by atoms with Crippen LogP contribution < -0.4 is 20.7 Å². The summed E-state index contributed by atoms with van der Waals surface area (Å²) in [4.78, 5) is 37.8. The lowest BCUT2D eigenvalue weighted by Crippen LogP contribution is -2.54. The minimum absolute atomic E-state index is 0.0290. The molecule has 0 spiro atoms. The molecule has 1 aliphatic heterocycles. The molecule has 2 atom stereocenters. The highest BCUT2D eigenvalue weighted by Gasteiger charge is 2.35. The molecule has 4 N–H and O–H groups in total. The van der Waals surface area contributed by atoms with Crippen LogP contribution in [0, 0.1) is 0 Å². The van der Waals surface area contributed by atoms with Crippen molar-refractivity contribution >= 4 is 23.5 Å². The predicted molar refractivity (Wildman–Crippen MR) is 102 cm³/mol. The highest BCUT2D eigenvalue weighted by atomic mass is 16.5. The Morgan fingerprint density at radius 1 is 1.39 bits per heavy atom. The Kier molecular flexibility index (Phi) is 8.21. The molecule has 9 heteroatoms. The fourth-order valence-electron chi connectivity index (χ4n) is 3.02. The van der Waals surface area contributed by atoms with Gasteiger partial charge in [-0.05, 0) is 38.4 Å². The molecule has 28 heavy (non-hydrogen) atoms. The van der Waals surface area contributed by atoms with Gasteiger partial charge in [0.15, 0.2) is 0 Å². The molecular formula is C19H27N3O6. The van der Waals surface area contributed by atoms with Crippen molar-refractivity contribution in [1.82, 2.24) is 5.32 Å². The summed E-state index contributed by atoms with van der Waals surface area (Å²) in [6.45, 7) is 1.90. The summed E-state index contributed by atoms with van der Waals surface area (Å²) in [5.74, 6) is -1.66. The maximum absolute atomic E-state index is 13.0. The summed E-state index contributed by atoms with van der Waals surface area (Å²) < 4.78 is 10.8. The Hall–Kier alpha value is -2.65. The van der Waals surface area contributed by atoms with Gasteiger partial charge in [0.2, 0.25) is 5.91 Å². The zero-order valence-corrected chi connectivity index (χ0v) is 15.9. The van der Waals surface area contributed by atoms with Gasteiger partial charge >= 0.3 is 11.9 Å². The Bertz CT molecular complexity index is 696. The molecule has 154 valence electrons. The first kappa shape index (κ1) is 21.6. The highest BCUT2D eigenvalue weighted by molar-refractivity contribution is 6.02. The van der Waals surface area contributed by atoms with Crippen LogP contribution in [0.3, 0.4) is 0 Å². The van der Waals surface area contributed by atoms with Gasteiger partial charge in [-0.1, -0.05) is 18.6 Å². The summed E-state index contributed by atoms with van der Waals surface area (Å²) >= 11 is 0. The smallest absolute Gasteiger partial charge is 0.323 e. The number of hydrogen-bond acceptors (Lipinski definition) is 7. The van der Waals surface area contributed by atoms with E-state index in [1.54, 1.807) is 31.2 Å². The summed E-state index contributed by atoms with van der Waals surface area (Å²) in [6.07, 6.45) is 1.88. The van der Waals surface area contributed by atoms with E-state index in [4.69, 9.17) is 15.2 Å². The largest absolute Gasteiger partial charge is 0.489 e. The monoisotopic (exact) mass is 393 g/mol. The number of benzene rings is 1. The van der Waals surface area contributed by atoms with Crippen LogP contribution in [0.15, 0.2) is 24.3 Å². The number of rotatable bonds is 10. The fraction of sp³-hybridized carbons (Fsp3) is 0.526. The molecule has 0 fully saturated rings. The van der Waals surface area contributed by atoms with E-state index in [1.807, 2.05) is 0 Å². The third kappa shape index (κ3) is 5.67. The molecule has 1 aromatic carbocycles. The quantitative estimate of drug-likeness (QED) is 0.387. The number of ether oxygens (including phenoxy) is 2. The molecule has 1 aliphatic rings. The van der Waals surface area contributed by atoms with Crippen molar-refractivity contribution in [3.8, 4) is 5.75 Å². The molecule has 1 amide bonds. The molecule has 9 nitrogen and oxygen atoms in total. The fourth-order valence-corrected chi connectivity index (χ4v) is 3.02. The van der Waals surface area contributed by atoms with Crippen molar-refractivity contribution in [2.45, 2.75) is 38.3 Å². The second-order valence-corrected chi connectivity index (χ2v) is 6.41. The van der Waals surface area contributed by atoms with Crippen LogP contribution >= 0.6 is 0 Å². The second kappa shape index (κ2) is 10.6. The van der Waals surface area contributed by atoms with Gasteiger partial charge in [-0.25, -0.2) is 0 Å². The Balaban J connectivity index is 2.22. The first-order valence-corrected chi connectivity index (χ1v) is 9.35. The lowest BCUT2D eigenvalue weighted by atomic mass is 10.1. The van der Waals surface area contributed by atoms with E-state index < -0.39 is 36.5 Å². The van der Waals surface area contributed by atoms with E-state index >= 15 is 0 Å². The number of nitrogens with one attached hydrogen (secondary N) is 1. The second-order valence-electron chi connectivity index (χ2n) is 6.41. The number of esters is 1. The van der Waals surface area contributed by atoms with E-state index in [2.05, 4.69) is 5.32 Å². The van der Waals surface area contributed by atoms with Crippen LogP contribution in [-0.4, -0.2) is 61.3 Å². The zero-order valence-electron chi connectivity index (χ0n) is 15.9. The number of anilines is 1. The van der Waals surface area contributed by atoms with E-state index in [9.17, 15) is 19.5 Å². The Morgan fingerprint density at radius 3 is 2.82 bits per heavy atom. The van der Waals surface area contributed by atoms with Crippen molar-refractivity contribution in [3.63, 3.8) is 0 Å². The first-order chi connectivity index (χ1) is 13.5. The standard InChI is InChI=1S/C19H27N3O6/c1-2-27-19(26)13(7-5-6-10-20)21-14-12-28-16-9-4-3-8-15(16)22(18(14)25)11-17(23)24/h3-4,8-9,13-14,21H,2,5-7,10-12,20H2,1H3,(H,23,24)/t13?,14-/m0/s1. The average molecular weight is 393 g/mol. The molecule has 0 radical (unpaired) electrons. The summed E-state index contributed by atoms with van der Waals surface area (Å²) in [7, 11) is 0. The van der Waals surface area contributed by atoms with E-state index in [-0.39, 0.29) is 13.2 Å². The van der Waals surface area contributed by atoms with Crippen LogP contribution in [-0.2, 0) is 19.1 Å². The molecule has 0 aliphatic carbocycles. The molecule has 1 heterocycles. The van der Waals surface area contributed by atoms with Crippen LogP contribution in [0.1, 0.15) is 26.2 Å². The number of fused-ring (bicyclic) bond motifs is 1. The lowest BCUT2D eigenvalue weighted by Gasteiger charge is -2.26. The van der Waals surface area contributed by atoms with E-state index in [0.29, 0.717) is 30.8 Å². The van der Waals surface area contributed by atoms with Crippen LogP contribution in [0.4, 0.5) is 5.69 Å². The van der Waals surface area contributed by atoms with Gasteiger partial charge in [0.05, 0.1) is 12.3 Å². The van der Waals surface area contributed by atoms with Gasteiger partial charge < -0.3 is 20.3 Å². The van der Waals surface area contributed by atoms with Crippen molar-refractivity contribution < 1.29 is 29.0 Å². The molecule has 1 unspecified atom stereocenters. The number of carbonyl (C=O) groups is 3. The number of para-hydroxylation sites is 2. The SMILES string of the molecule is CCOC(=O)C(CCCCN)N[C@H]1COc2ccccc2N(CC(=O)O)C1=O. The molecule has 0 saturated heterocycles. The molecule has 2 rings (SSSR count). The van der Waals surface area contributed by atoms with Gasteiger partial charge in [0.25, 0.3) is 0 Å². The van der Waals surface area contributed by atoms with Crippen LogP contribution in [0.2, 0.25) is 0 Å².